The number of rotatable bonds is 7. The van der Waals surface area contributed by atoms with Crippen molar-refractivity contribution in [2.75, 3.05) is 14.2 Å². The van der Waals surface area contributed by atoms with Gasteiger partial charge in [-0.2, -0.15) is 0 Å². The van der Waals surface area contributed by atoms with Gasteiger partial charge in [0.15, 0.2) is 28.8 Å². The second kappa shape index (κ2) is 9.36. The number of hydrogen-bond donors (Lipinski definition) is 0. The second-order valence-electron chi connectivity index (χ2n) is 5.66. The average molecular weight is 384 g/mol. The molecular weight excluding hydrogens is 364 g/mol. The van der Waals surface area contributed by atoms with Crippen LogP contribution in [-0.4, -0.2) is 31.9 Å². The predicted octanol–water partition coefficient (Wildman–Crippen LogP) is 3.45. The summed E-state index contributed by atoms with van der Waals surface area (Å²) in [5, 5.41) is 0. The maximum atomic E-state index is 12.4. The monoisotopic (exact) mass is 384 g/mol. The topological polar surface area (TPSA) is 88.1 Å². The largest absolute Gasteiger partial charge is 0.493 e. The highest BCUT2D eigenvalue weighted by molar-refractivity contribution is 6.07. The molecule has 2 rings (SSSR count). The fraction of sp³-hybridized carbons (Fsp3) is 0.190. The summed E-state index contributed by atoms with van der Waals surface area (Å²) < 4.78 is 20.4. The number of allylic oxidation sites excluding steroid dienone is 1. The zero-order chi connectivity index (χ0) is 20.7. The van der Waals surface area contributed by atoms with E-state index in [1.54, 1.807) is 24.3 Å². The number of benzene rings is 2. The van der Waals surface area contributed by atoms with Crippen LogP contribution in [0.4, 0.5) is 0 Å². The summed E-state index contributed by atoms with van der Waals surface area (Å²) in [6.45, 7) is 2.58. The molecule has 0 amide bonds. The molecule has 0 aliphatic rings. The summed E-state index contributed by atoms with van der Waals surface area (Å²) in [7, 11) is 2.88. The van der Waals surface area contributed by atoms with Crippen LogP contribution in [0.3, 0.4) is 0 Å². The van der Waals surface area contributed by atoms with E-state index in [9.17, 15) is 14.4 Å². The van der Waals surface area contributed by atoms with Crippen LogP contribution in [0.5, 0.6) is 23.0 Å². The SMILES string of the molecule is COc1cc(C=CC(=O)c2ccc(OC(C)=O)c(OC)c2)ccc1OC(C)=O. The first-order valence-electron chi connectivity index (χ1n) is 8.29. The molecule has 0 spiro atoms. The van der Waals surface area contributed by atoms with Crippen LogP contribution < -0.4 is 18.9 Å². The molecule has 0 aliphatic heterocycles. The molecular formula is C21H20O7. The van der Waals surface area contributed by atoms with Crippen molar-refractivity contribution in [3.63, 3.8) is 0 Å². The number of carbonyl (C=O) groups is 3. The summed E-state index contributed by atoms with van der Waals surface area (Å²) in [5.41, 5.74) is 1.05. The summed E-state index contributed by atoms with van der Waals surface area (Å²) in [5.74, 6) is -0.0216. The Kier molecular flexibility index (Phi) is 6.92. The van der Waals surface area contributed by atoms with Gasteiger partial charge in [-0.3, -0.25) is 14.4 Å². The van der Waals surface area contributed by atoms with Gasteiger partial charge < -0.3 is 18.9 Å². The third-order valence-corrected chi connectivity index (χ3v) is 3.57. The summed E-state index contributed by atoms with van der Waals surface area (Å²) in [6.07, 6.45) is 3.00. The minimum Gasteiger partial charge on any atom is -0.493 e. The lowest BCUT2D eigenvalue weighted by Crippen LogP contribution is -2.04. The first-order chi connectivity index (χ1) is 13.3. The van der Waals surface area contributed by atoms with E-state index in [4.69, 9.17) is 18.9 Å². The van der Waals surface area contributed by atoms with E-state index >= 15 is 0 Å². The first kappa shape index (κ1) is 20.7. The Morgan fingerprint density at radius 3 is 1.82 bits per heavy atom. The molecule has 0 bridgehead atoms. The average Bonchev–Trinajstić information content (AvgIpc) is 2.66. The first-order valence-corrected chi connectivity index (χ1v) is 8.29. The maximum Gasteiger partial charge on any atom is 0.308 e. The van der Waals surface area contributed by atoms with Crippen molar-refractivity contribution in [1.29, 1.82) is 0 Å². The van der Waals surface area contributed by atoms with Crippen molar-refractivity contribution in [1.82, 2.24) is 0 Å². The minimum absolute atomic E-state index is 0.237. The molecule has 0 aromatic heterocycles. The van der Waals surface area contributed by atoms with Gasteiger partial charge in [0.05, 0.1) is 14.2 Å². The molecule has 2 aromatic carbocycles. The zero-order valence-corrected chi connectivity index (χ0v) is 16.0. The molecule has 0 radical (unpaired) electrons. The molecule has 7 heteroatoms. The van der Waals surface area contributed by atoms with Crippen molar-refractivity contribution < 1.29 is 33.3 Å². The van der Waals surface area contributed by atoms with Crippen LogP contribution in [-0.2, 0) is 9.59 Å². The number of hydrogen-bond acceptors (Lipinski definition) is 7. The maximum absolute atomic E-state index is 12.4. The Labute approximate surface area is 162 Å². The Balaban J connectivity index is 2.21. The fourth-order valence-corrected chi connectivity index (χ4v) is 2.36. The Morgan fingerprint density at radius 1 is 0.750 bits per heavy atom. The Hall–Kier alpha value is -3.61. The molecule has 2 aromatic rings. The van der Waals surface area contributed by atoms with Crippen molar-refractivity contribution >= 4 is 23.8 Å². The second-order valence-corrected chi connectivity index (χ2v) is 5.66. The summed E-state index contributed by atoms with van der Waals surface area (Å²) in [6, 6.07) is 9.45. The van der Waals surface area contributed by atoms with Gasteiger partial charge in [-0.25, -0.2) is 0 Å². The van der Waals surface area contributed by atoms with Gasteiger partial charge in [-0.15, -0.1) is 0 Å². The zero-order valence-electron chi connectivity index (χ0n) is 16.0. The van der Waals surface area contributed by atoms with E-state index in [2.05, 4.69) is 0 Å². The smallest absolute Gasteiger partial charge is 0.308 e. The fourth-order valence-electron chi connectivity index (χ4n) is 2.36. The van der Waals surface area contributed by atoms with E-state index in [1.165, 1.54) is 52.3 Å². The van der Waals surface area contributed by atoms with Gasteiger partial charge in [-0.1, -0.05) is 12.1 Å². The number of carbonyl (C=O) groups excluding carboxylic acids is 3. The van der Waals surface area contributed by atoms with E-state index in [0.717, 1.165) is 0 Å². The molecule has 0 saturated heterocycles. The van der Waals surface area contributed by atoms with Gasteiger partial charge in [0.2, 0.25) is 0 Å². The normalized spacial score (nSPS) is 10.4. The Bertz CT molecular complexity index is 928. The minimum atomic E-state index is -0.483. The van der Waals surface area contributed by atoms with Crippen molar-refractivity contribution in [3.8, 4) is 23.0 Å². The summed E-state index contributed by atoms with van der Waals surface area (Å²) >= 11 is 0. The Morgan fingerprint density at radius 2 is 1.29 bits per heavy atom. The van der Waals surface area contributed by atoms with E-state index in [0.29, 0.717) is 22.6 Å². The molecule has 0 saturated carbocycles. The highest BCUT2D eigenvalue weighted by Crippen LogP contribution is 2.30. The van der Waals surface area contributed by atoms with Gasteiger partial charge >= 0.3 is 11.9 Å². The number of esters is 2. The molecule has 146 valence electrons. The van der Waals surface area contributed by atoms with Crippen molar-refractivity contribution in [3.05, 3.63) is 53.6 Å². The van der Waals surface area contributed by atoms with Crippen LogP contribution in [0.15, 0.2) is 42.5 Å². The molecule has 0 N–H and O–H groups in total. The molecule has 0 fully saturated rings. The lowest BCUT2D eigenvalue weighted by molar-refractivity contribution is -0.132. The highest BCUT2D eigenvalue weighted by atomic mass is 16.6. The van der Waals surface area contributed by atoms with Gasteiger partial charge in [0, 0.05) is 19.4 Å². The highest BCUT2D eigenvalue weighted by Gasteiger charge is 2.11. The molecule has 0 unspecified atom stereocenters. The number of ether oxygens (including phenoxy) is 4. The van der Waals surface area contributed by atoms with Crippen LogP contribution in [0.25, 0.3) is 6.08 Å². The molecule has 28 heavy (non-hydrogen) atoms. The van der Waals surface area contributed by atoms with Crippen LogP contribution >= 0.6 is 0 Å². The molecule has 0 atom stereocenters. The quantitative estimate of drug-likeness (QED) is 0.313. The van der Waals surface area contributed by atoms with Gasteiger partial charge in [0.1, 0.15) is 0 Å². The number of methoxy groups -OCH3 is 2. The molecule has 0 aliphatic carbocycles. The van der Waals surface area contributed by atoms with Crippen molar-refractivity contribution in [2.24, 2.45) is 0 Å². The van der Waals surface area contributed by atoms with Gasteiger partial charge in [-0.05, 0) is 42.0 Å². The molecule has 0 heterocycles. The number of ketones is 1. The third kappa shape index (κ3) is 5.44. The van der Waals surface area contributed by atoms with Gasteiger partial charge in [0.25, 0.3) is 0 Å². The lowest BCUT2D eigenvalue weighted by Gasteiger charge is -2.09. The van der Waals surface area contributed by atoms with Crippen LogP contribution in [0.1, 0.15) is 29.8 Å². The van der Waals surface area contributed by atoms with Crippen LogP contribution in [0, 0.1) is 0 Å². The van der Waals surface area contributed by atoms with E-state index in [-0.39, 0.29) is 17.3 Å². The van der Waals surface area contributed by atoms with E-state index < -0.39 is 11.9 Å². The molecule has 7 nitrogen and oxygen atoms in total. The lowest BCUT2D eigenvalue weighted by atomic mass is 10.1. The summed E-state index contributed by atoms with van der Waals surface area (Å²) in [4.78, 5) is 34.6. The van der Waals surface area contributed by atoms with E-state index in [1.807, 2.05) is 0 Å². The van der Waals surface area contributed by atoms with Crippen molar-refractivity contribution in [2.45, 2.75) is 13.8 Å². The van der Waals surface area contributed by atoms with Crippen LogP contribution in [0.2, 0.25) is 0 Å². The third-order valence-electron chi connectivity index (χ3n) is 3.57. The predicted molar refractivity (Wildman–Crippen MR) is 102 cm³/mol. The standard InChI is InChI=1S/C21H20O7/c1-13(22)27-18-9-6-15(11-20(18)25-3)5-8-17(24)16-7-10-19(28-14(2)23)21(12-16)26-4/h5-12H,1-4H3.